The van der Waals surface area contributed by atoms with Crippen LogP contribution in [0.3, 0.4) is 0 Å². The molecule has 1 saturated carbocycles. The van der Waals surface area contributed by atoms with E-state index in [2.05, 4.69) is 32.6 Å². The molecular weight excluding hydrogens is 506 g/mol. The second-order valence-electron chi connectivity index (χ2n) is 9.00. The molecule has 0 saturated heterocycles. The van der Waals surface area contributed by atoms with Crippen LogP contribution in [0.2, 0.25) is 5.02 Å². The second kappa shape index (κ2) is 10.0. The molecule has 2 aromatic rings. The van der Waals surface area contributed by atoms with Gasteiger partial charge < -0.3 is 20.5 Å². The molecule has 33 heavy (non-hydrogen) atoms. The molecule has 174 valence electrons. The molecule has 4 rings (SSSR count). The van der Waals surface area contributed by atoms with Gasteiger partial charge in [0.05, 0.1) is 28.3 Å². The Labute approximate surface area is 207 Å². The third kappa shape index (κ3) is 5.52. The summed E-state index contributed by atoms with van der Waals surface area (Å²) in [4.78, 5) is 11.8. The van der Waals surface area contributed by atoms with Crippen LogP contribution in [0, 0.1) is 11.3 Å². The van der Waals surface area contributed by atoms with Crippen molar-refractivity contribution in [2.24, 2.45) is 0 Å². The van der Waals surface area contributed by atoms with Crippen LogP contribution in [0.1, 0.15) is 55.3 Å². The number of carbonyl (C=O) groups excluding carboxylic acids is 1. The summed E-state index contributed by atoms with van der Waals surface area (Å²) in [5.74, 6) is 0.597. The van der Waals surface area contributed by atoms with Crippen molar-refractivity contribution in [1.29, 1.82) is 5.26 Å². The molecule has 3 atom stereocenters. The average Bonchev–Trinajstić information content (AvgIpc) is 2.75. The predicted octanol–water partition coefficient (Wildman–Crippen LogP) is 4.42. The number of hydrogen-bond acceptors (Lipinski definition) is 5. The van der Waals surface area contributed by atoms with Crippen molar-refractivity contribution >= 4 is 33.4 Å². The van der Waals surface area contributed by atoms with E-state index < -0.39 is 12.1 Å². The highest BCUT2D eigenvalue weighted by atomic mass is 79.9. The third-order valence-electron chi connectivity index (χ3n) is 6.51. The summed E-state index contributed by atoms with van der Waals surface area (Å²) in [5.41, 5.74) is 2.22. The van der Waals surface area contributed by atoms with Gasteiger partial charge >= 0.3 is 0 Å². The minimum Gasteiger partial charge on any atom is -0.486 e. The number of amides is 1. The normalized spacial score (nSPS) is 20.0. The van der Waals surface area contributed by atoms with E-state index in [9.17, 15) is 9.90 Å². The number of rotatable bonds is 7. The Morgan fingerprint density at radius 1 is 1.39 bits per heavy atom. The fourth-order valence-electron chi connectivity index (χ4n) is 4.72. The van der Waals surface area contributed by atoms with E-state index in [-0.39, 0.29) is 24.1 Å². The molecular formula is C25H27BrClN3O3. The van der Waals surface area contributed by atoms with E-state index in [4.69, 9.17) is 21.6 Å². The van der Waals surface area contributed by atoms with Gasteiger partial charge in [0.25, 0.3) is 0 Å². The van der Waals surface area contributed by atoms with E-state index >= 15 is 0 Å². The highest BCUT2D eigenvalue weighted by Gasteiger charge is 2.46. The number of benzene rings is 2. The average molecular weight is 533 g/mol. The molecule has 1 heterocycles. The zero-order valence-corrected chi connectivity index (χ0v) is 20.7. The van der Waals surface area contributed by atoms with Gasteiger partial charge in [0, 0.05) is 36.5 Å². The maximum atomic E-state index is 11.8. The van der Waals surface area contributed by atoms with Gasteiger partial charge in [-0.05, 0) is 71.4 Å². The first-order valence-electron chi connectivity index (χ1n) is 11.1. The summed E-state index contributed by atoms with van der Waals surface area (Å²) in [6, 6.07) is 12.6. The first kappa shape index (κ1) is 24.0. The number of ether oxygens (including phenoxy) is 1. The smallest absolute Gasteiger partial charge is 0.217 e. The Balaban J connectivity index is 1.50. The third-order valence-corrected chi connectivity index (χ3v) is 7.32. The molecule has 0 unspecified atom stereocenters. The van der Waals surface area contributed by atoms with Gasteiger partial charge in [0.1, 0.15) is 11.4 Å². The highest BCUT2D eigenvalue weighted by Crippen LogP contribution is 2.51. The zero-order valence-electron chi connectivity index (χ0n) is 18.4. The molecule has 2 aliphatic rings. The van der Waals surface area contributed by atoms with Crippen LogP contribution in [0.25, 0.3) is 0 Å². The molecule has 1 aliphatic carbocycles. The summed E-state index contributed by atoms with van der Waals surface area (Å²) in [5, 5.41) is 27.2. The van der Waals surface area contributed by atoms with Crippen molar-refractivity contribution in [3.8, 4) is 11.8 Å². The van der Waals surface area contributed by atoms with Gasteiger partial charge in [-0.1, -0.05) is 23.7 Å². The van der Waals surface area contributed by atoms with E-state index in [1.807, 2.05) is 24.3 Å². The second-order valence-corrected chi connectivity index (χ2v) is 10.3. The fourth-order valence-corrected chi connectivity index (χ4v) is 5.63. The van der Waals surface area contributed by atoms with Crippen LogP contribution in [0.4, 0.5) is 0 Å². The SMILES string of the molecule is CC(=O)N[C@@H](Cc1cccc(C#N)c1)[C@@H](O)CN[C@H]1CC2(CCC2)Oc2c(Br)cc(Cl)cc21. The summed E-state index contributed by atoms with van der Waals surface area (Å²) in [6.07, 6.45) is 3.55. The Morgan fingerprint density at radius 3 is 2.85 bits per heavy atom. The lowest BCUT2D eigenvalue weighted by molar-refractivity contribution is -0.120. The predicted molar refractivity (Wildman–Crippen MR) is 130 cm³/mol. The first-order chi connectivity index (χ1) is 15.8. The number of nitrogens with one attached hydrogen (secondary N) is 2. The standard InChI is InChI=1S/C25H27BrClN3O3/c1-15(31)30-21(9-16-4-2-5-17(8-16)13-28)23(32)14-29-22-12-25(6-3-7-25)33-24-19(22)10-18(27)11-20(24)26/h2,4-5,8,10-11,21-23,29,32H,3,6-7,9,12,14H2,1H3,(H,30,31)/t21-,22-,23-/m0/s1. The number of carbonyl (C=O) groups is 1. The molecule has 0 radical (unpaired) electrons. The van der Waals surface area contributed by atoms with Gasteiger partial charge in [-0.25, -0.2) is 0 Å². The van der Waals surface area contributed by atoms with Crippen molar-refractivity contribution in [1.82, 2.24) is 10.6 Å². The molecule has 1 amide bonds. The van der Waals surface area contributed by atoms with Gasteiger partial charge in [0.15, 0.2) is 0 Å². The quantitative estimate of drug-likeness (QED) is 0.491. The van der Waals surface area contributed by atoms with E-state index in [1.54, 1.807) is 12.1 Å². The summed E-state index contributed by atoms with van der Waals surface area (Å²) >= 11 is 9.91. The lowest BCUT2D eigenvalue weighted by Gasteiger charge is -2.48. The number of aliphatic hydroxyl groups is 1. The maximum Gasteiger partial charge on any atom is 0.217 e. The number of hydrogen-bond donors (Lipinski definition) is 3. The minimum absolute atomic E-state index is 0.0291. The lowest BCUT2D eigenvalue weighted by Crippen LogP contribution is -2.52. The van der Waals surface area contributed by atoms with Gasteiger partial charge in [-0.2, -0.15) is 5.26 Å². The number of aliphatic hydroxyl groups excluding tert-OH is 1. The van der Waals surface area contributed by atoms with Crippen LogP contribution in [0.15, 0.2) is 40.9 Å². The summed E-state index contributed by atoms with van der Waals surface area (Å²) in [6.45, 7) is 1.72. The molecule has 8 heteroatoms. The Bertz CT molecular complexity index is 1080. The minimum atomic E-state index is -0.828. The molecule has 2 aromatic carbocycles. The largest absolute Gasteiger partial charge is 0.486 e. The van der Waals surface area contributed by atoms with Crippen molar-refractivity contribution in [3.63, 3.8) is 0 Å². The Hall–Kier alpha value is -2.11. The van der Waals surface area contributed by atoms with Crippen LogP contribution in [0.5, 0.6) is 5.75 Å². The van der Waals surface area contributed by atoms with Crippen LogP contribution in [-0.4, -0.2) is 35.3 Å². The van der Waals surface area contributed by atoms with Gasteiger partial charge in [0.2, 0.25) is 5.91 Å². The molecule has 6 nitrogen and oxygen atoms in total. The number of halogens is 2. The van der Waals surface area contributed by atoms with Gasteiger partial charge in [-0.15, -0.1) is 0 Å². The lowest BCUT2D eigenvalue weighted by atomic mass is 9.73. The van der Waals surface area contributed by atoms with Crippen molar-refractivity contribution < 1.29 is 14.6 Å². The Kier molecular flexibility index (Phi) is 7.30. The molecule has 0 bridgehead atoms. The van der Waals surface area contributed by atoms with Crippen LogP contribution < -0.4 is 15.4 Å². The van der Waals surface area contributed by atoms with Crippen LogP contribution >= 0.6 is 27.5 Å². The number of fused-ring (bicyclic) bond motifs is 1. The monoisotopic (exact) mass is 531 g/mol. The highest BCUT2D eigenvalue weighted by molar-refractivity contribution is 9.10. The Morgan fingerprint density at radius 2 is 2.18 bits per heavy atom. The summed E-state index contributed by atoms with van der Waals surface area (Å²) < 4.78 is 7.22. The molecule has 1 fully saturated rings. The van der Waals surface area contributed by atoms with Crippen molar-refractivity contribution in [3.05, 3.63) is 62.6 Å². The van der Waals surface area contributed by atoms with E-state index in [1.165, 1.54) is 6.92 Å². The topological polar surface area (TPSA) is 94.4 Å². The summed E-state index contributed by atoms with van der Waals surface area (Å²) in [7, 11) is 0. The van der Waals surface area contributed by atoms with Gasteiger partial charge in [-0.3, -0.25) is 4.79 Å². The van der Waals surface area contributed by atoms with Crippen molar-refractivity contribution in [2.45, 2.75) is 62.8 Å². The fraction of sp³-hybridized carbons (Fsp3) is 0.440. The number of nitriles is 1. The van der Waals surface area contributed by atoms with Crippen LogP contribution in [-0.2, 0) is 11.2 Å². The maximum absolute atomic E-state index is 11.8. The van der Waals surface area contributed by atoms with Crippen molar-refractivity contribution in [2.75, 3.05) is 6.54 Å². The molecule has 3 N–H and O–H groups in total. The molecule has 1 spiro atoms. The molecule has 0 aromatic heterocycles. The van der Waals surface area contributed by atoms with E-state index in [0.29, 0.717) is 17.0 Å². The molecule has 1 aliphatic heterocycles. The zero-order chi connectivity index (χ0) is 23.6. The first-order valence-corrected chi connectivity index (χ1v) is 12.3. The van der Waals surface area contributed by atoms with E-state index in [0.717, 1.165) is 47.0 Å². The number of nitrogens with zero attached hydrogens (tertiary/aromatic N) is 1.